The van der Waals surface area contributed by atoms with Crippen LogP contribution in [-0.2, 0) is 28.9 Å². The third-order valence-corrected chi connectivity index (χ3v) is 8.72. The van der Waals surface area contributed by atoms with Gasteiger partial charge in [-0.15, -0.1) is 0 Å². The van der Waals surface area contributed by atoms with Crippen molar-refractivity contribution in [1.29, 1.82) is 0 Å². The number of hydrogen-bond acceptors (Lipinski definition) is 6. The maximum atomic E-state index is 13.5. The lowest BCUT2D eigenvalue weighted by atomic mass is 9.85. The van der Waals surface area contributed by atoms with Gasteiger partial charge in [0, 0.05) is 62.1 Å². The van der Waals surface area contributed by atoms with Crippen molar-refractivity contribution in [2.75, 3.05) is 59.2 Å². The van der Waals surface area contributed by atoms with Crippen molar-refractivity contribution in [3.8, 4) is 0 Å². The highest BCUT2D eigenvalue weighted by atomic mass is 16.5. The Balaban J connectivity index is 1.31. The number of nitrogens with zero attached hydrogens (tertiary/aromatic N) is 4. The molecule has 1 N–H and O–H groups in total. The molecule has 3 heterocycles. The third kappa shape index (κ3) is 5.60. The van der Waals surface area contributed by atoms with E-state index in [0.29, 0.717) is 38.0 Å². The molecule has 4 aliphatic rings. The van der Waals surface area contributed by atoms with Crippen LogP contribution in [0.15, 0.2) is 0 Å². The lowest BCUT2D eigenvalue weighted by molar-refractivity contribution is -0.0297. The molecule has 35 heavy (non-hydrogen) atoms. The zero-order chi connectivity index (χ0) is 24.1. The van der Waals surface area contributed by atoms with Gasteiger partial charge in [0.05, 0.1) is 26.4 Å². The van der Waals surface area contributed by atoms with Gasteiger partial charge in [-0.1, -0.05) is 32.6 Å². The van der Waals surface area contributed by atoms with Gasteiger partial charge in [-0.25, -0.2) is 0 Å². The maximum Gasteiger partial charge on any atom is 0.274 e. The summed E-state index contributed by atoms with van der Waals surface area (Å²) >= 11 is 0. The molecule has 3 fully saturated rings. The first-order chi connectivity index (χ1) is 17.2. The van der Waals surface area contributed by atoms with Crippen molar-refractivity contribution in [1.82, 2.24) is 24.9 Å². The quantitative estimate of drug-likeness (QED) is 0.597. The van der Waals surface area contributed by atoms with E-state index in [4.69, 9.17) is 14.6 Å². The number of nitrogens with one attached hydrogen (secondary N) is 1. The first-order valence-electron chi connectivity index (χ1n) is 14.2. The Hall–Kier alpha value is -1.48. The Morgan fingerprint density at radius 3 is 2.40 bits per heavy atom. The number of rotatable bonds is 7. The van der Waals surface area contributed by atoms with Gasteiger partial charge in [0.1, 0.15) is 0 Å². The smallest absolute Gasteiger partial charge is 0.274 e. The van der Waals surface area contributed by atoms with E-state index in [1.807, 2.05) is 4.90 Å². The molecule has 8 heteroatoms. The average molecular weight is 488 g/mol. The second kappa shape index (κ2) is 11.7. The van der Waals surface area contributed by atoms with E-state index in [-0.39, 0.29) is 11.4 Å². The number of hydrogen-bond donors (Lipinski definition) is 1. The highest BCUT2D eigenvalue weighted by Crippen LogP contribution is 2.34. The number of carbonyl (C=O) groups excluding carboxylic acids is 1. The number of fused-ring (bicyclic) bond motifs is 1. The van der Waals surface area contributed by atoms with Crippen molar-refractivity contribution in [2.45, 2.75) is 89.3 Å². The number of aromatic nitrogens is 2. The predicted octanol–water partition coefficient (Wildman–Crippen LogP) is 2.64. The van der Waals surface area contributed by atoms with E-state index in [9.17, 15) is 4.79 Å². The molecule has 1 atom stereocenters. The molecule has 0 spiro atoms. The van der Waals surface area contributed by atoms with Crippen LogP contribution in [0.4, 0.5) is 0 Å². The Morgan fingerprint density at radius 2 is 1.71 bits per heavy atom. The first-order valence-corrected chi connectivity index (χ1v) is 14.2. The third-order valence-electron chi connectivity index (χ3n) is 8.72. The molecule has 0 radical (unpaired) electrons. The number of carbonyl (C=O) groups is 1. The predicted molar refractivity (Wildman–Crippen MR) is 136 cm³/mol. The van der Waals surface area contributed by atoms with Crippen LogP contribution in [0.1, 0.15) is 80.0 Å². The number of amides is 1. The number of ether oxygens (including phenoxy) is 2. The molecule has 0 aromatic carbocycles. The van der Waals surface area contributed by atoms with Gasteiger partial charge in [0.25, 0.3) is 5.91 Å². The molecule has 1 saturated carbocycles. The number of aryl methyl sites for hydroxylation is 1. The van der Waals surface area contributed by atoms with E-state index >= 15 is 0 Å². The van der Waals surface area contributed by atoms with Crippen LogP contribution in [0, 0.1) is 0 Å². The standard InChI is InChI=1S/C27H45N5O3/c1-2-11-32-24-8-7-22(20-23(24)25(29-32)26(33)30-12-16-34-17-13-30)28-21-27(9-5-3-4-6-10-27)31-14-18-35-19-15-31/h22,28H,2-21H2,1H3/t22-/m1/s1. The van der Waals surface area contributed by atoms with Gasteiger partial charge >= 0.3 is 0 Å². The van der Waals surface area contributed by atoms with Crippen LogP contribution >= 0.6 is 0 Å². The topological polar surface area (TPSA) is 71.9 Å². The Bertz CT molecular complexity index is 836. The average Bonchev–Trinajstić information content (AvgIpc) is 3.09. The summed E-state index contributed by atoms with van der Waals surface area (Å²) in [4.78, 5) is 18.1. The number of morpholine rings is 2. The van der Waals surface area contributed by atoms with Gasteiger partial charge < -0.3 is 19.7 Å². The summed E-state index contributed by atoms with van der Waals surface area (Å²) in [5, 5.41) is 8.90. The minimum absolute atomic E-state index is 0.0913. The first kappa shape index (κ1) is 25.2. The lowest BCUT2D eigenvalue weighted by Crippen LogP contribution is -2.59. The van der Waals surface area contributed by atoms with Crippen molar-refractivity contribution in [2.24, 2.45) is 0 Å². The molecule has 5 rings (SSSR count). The minimum Gasteiger partial charge on any atom is -0.379 e. The summed E-state index contributed by atoms with van der Waals surface area (Å²) in [7, 11) is 0. The van der Waals surface area contributed by atoms with E-state index in [1.165, 1.54) is 49.8 Å². The highest BCUT2D eigenvalue weighted by molar-refractivity contribution is 5.94. The summed E-state index contributed by atoms with van der Waals surface area (Å²) in [6.07, 6.45) is 12.0. The summed E-state index contributed by atoms with van der Waals surface area (Å²) in [5.41, 5.74) is 3.43. The molecule has 0 unspecified atom stereocenters. The van der Waals surface area contributed by atoms with Crippen LogP contribution < -0.4 is 5.32 Å². The second-order valence-corrected chi connectivity index (χ2v) is 11.0. The van der Waals surface area contributed by atoms with E-state index in [1.54, 1.807) is 0 Å². The normalized spacial score (nSPS) is 25.7. The molecule has 2 aliphatic carbocycles. The lowest BCUT2D eigenvalue weighted by Gasteiger charge is -2.46. The fourth-order valence-electron chi connectivity index (χ4n) is 6.71. The molecular formula is C27H45N5O3. The van der Waals surface area contributed by atoms with Crippen LogP contribution in [0.5, 0.6) is 0 Å². The zero-order valence-corrected chi connectivity index (χ0v) is 21.7. The van der Waals surface area contributed by atoms with Crippen molar-refractivity contribution in [3.05, 3.63) is 17.0 Å². The Morgan fingerprint density at radius 1 is 1.03 bits per heavy atom. The van der Waals surface area contributed by atoms with Crippen LogP contribution in [0.25, 0.3) is 0 Å². The summed E-state index contributed by atoms with van der Waals surface area (Å²) < 4.78 is 13.3. The van der Waals surface area contributed by atoms with Crippen molar-refractivity contribution < 1.29 is 14.3 Å². The van der Waals surface area contributed by atoms with Crippen molar-refractivity contribution in [3.63, 3.8) is 0 Å². The molecule has 0 bridgehead atoms. The zero-order valence-electron chi connectivity index (χ0n) is 21.7. The van der Waals surface area contributed by atoms with Gasteiger partial charge in [0.2, 0.25) is 0 Å². The molecule has 1 amide bonds. The van der Waals surface area contributed by atoms with Crippen molar-refractivity contribution >= 4 is 5.91 Å². The molecule has 2 aliphatic heterocycles. The van der Waals surface area contributed by atoms with Crippen LogP contribution in [0.2, 0.25) is 0 Å². The summed E-state index contributed by atoms with van der Waals surface area (Å²) in [5.74, 6) is 0.0913. The fourth-order valence-corrected chi connectivity index (χ4v) is 6.71. The molecule has 1 aromatic rings. The second-order valence-electron chi connectivity index (χ2n) is 11.0. The highest BCUT2D eigenvalue weighted by Gasteiger charge is 2.39. The summed E-state index contributed by atoms with van der Waals surface area (Å²) in [6, 6.07) is 0.402. The van der Waals surface area contributed by atoms with Crippen LogP contribution in [0.3, 0.4) is 0 Å². The fraction of sp³-hybridized carbons (Fsp3) is 0.852. The monoisotopic (exact) mass is 487 g/mol. The van der Waals surface area contributed by atoms with Crippen LogP contribution in [-0.4, -0.2) is 96.2 Å². The van der Waals surface area contributed by atoms with Gasteiger partial charge in [0.15, 0.2) is 5.69 Å². The molecule has 8 nitrogen and oxygen atoms in total. The molecular weight excluding hydrogens is 442 g/mol. The molecule has 2 saturated heterocycles. The van der Waals surface area contributed by atoms with E-state index < -0.39 is 0 Å². The SMILES string of the molecule is CCCn1nc(C(=O)N2CCOCC2)c2c1CC[C@@H](NCC1(N3CCOCC3)CCCCCC1)C2. The van der Waals surface area contributed by atoms with Gasteiger partial charge in [-0.05, 0) is 38.5 Å². The van der Waals surface area contributed by atoms with E-state index in [2.05, 4.69) is 21.8 Å². The maximum absolute atomic E-state index is 13.5. The van der Waals surface area contributed by atoms with Gasteiger partial charge in [-0.2, -0.15) is 5.10 Å². The minimum atomic E-state index is 0.0913. The van der Waals surface area contributed by atoms with Gasteiger partial charge in [-0.3, -0.25) is 14.4 Å². The van der Waals surface area contributed by atoms with E-state index in [0.717, 1.165) is 65.1 Å². The molecule has 1 aromatic heterocycles. The summed E-state index contributed by atoms with van der Waals surface area (Å²) in [6.45, 7) is 10.5. The molecule has 196 valence electrons. The Kier molecular flexibility index (Phi) is 8.43. The largest absolute Gasteiger partial charge is 0.379 e. The Labute approximate surface area is 210 Å².